The number of aromatic nitrogens is 5. The van der Waals surface area contributed by atoms with Gasteiger partial charge in [-0.2, -0.15) is 4.99 Å². The molecule has 0 fully saturated rings. The number of ether oxygens (including phenoxy) is 2. The van der Waals surface area contributed by atoms with Crippen LogP contribution in [0.1, 0.15) is 44.7 Å². The van der Waals surface area contributed by atoms with Crippen LogP contribution in [0.4, 0.5) is 26.3 Å². The number of hydrogen-bond acceptors (Lipinski definition) is 8. The van der Waals surface area contributed by atoms with Crippen LogP contribution < -0.4 is 20.5 Å². The molecule has 0 saturated carbocycles. The van der Waals surface area contributed by atoms with Crippen molar-refractivity contribution < 1.29 is 40.6 Å². The fourth-order valence-corrected chi connectivity index (χ4v) is 5.98. The molecular formula is C34H32F6N8O4S. The summed E-state index contributed by atoms with van der Waals surface area (Å²) in [5, 5.41) is 6.87. The highest BCUT2D eigenvalue weighted by molar-refractivity contribution is 7.03. The summed E-state index contributed by atoms with van der Waals surface area (Å²) in [6, 6.07) is 17.4. The van der Waals surface area contributed by atoms with E-state index in [1.807, 2.05) is 19.9 Å². The zero-order valence-corrected chi connectivity index (χ0v) is 29.3. The lowest BCUT2D eigenvalue weighted by atomic mass is 10.0. The molecule has 53 heavy (non-hydrogen) atoms. The van der Waals surface area contributed by atoms with Crippen molar-refractivity contribution in [1.29, 1.82) is 0 Å². The average molecular weight is 763 g/mol. The van der Waals surface area contributed by atoms with E-state index in [0.717, 1.165) is 29.2 Å². The van der Waals surface area contributed by atoms with E-state index in [1.165, 1.54) is 38.6 Å². The summed E-state index contributed by atoms with van der Waals surface area (Å²) in [5.41, 5.74) is 2.19. The maximum absolute atomic E-state index is 13.7. The standard InChI is InChI=1S/C34H32F6N8O4S/c1-5-47-32(50)48(27-9-7-6-8-26(27)20(2)3)31(53-47)44-30(52-34(38,39)40)43-28(42-21(4)49)18-22-10-12-23(13-11-22)29-41-19-46(45-29)24-14-16-25(17-15-24)51-33(35,36)37/h6-17,19-20,28H,5,18H2,1-4H3,(H,42,49). The third kappa shape index (κ3) is 10.2. The molecule has 3 aromatic carbocycles. The number of carbonyl (C=O) groups excluding carboxylic acids is 1. The third-order valence-corrected chi connectivity index (χ3v) is 8.45. The lowest BCUT2D eigenvalue weighted by molar-refractivity contribution is -0.284. The molecule has 0 saturated heterocycles. The minimum absolute atomic E-state index is 0.0370. The number of carbonyl (C=O) groups is 1. The van der Waals surface area contributed by atoms with E-state index in [2.05, 4.69) is 34.9 Å². The van der Waals surface area contributed by atoms with Crippen molar-refractivity contribution in [3.8, 4) is 28.5 Å². The lowest BCUT2D eigenvalue weighted by Crippen LogP contribution is -2.35. The Balaban J connectivity index is 1.45. The molecule has 280 valence electrons. The number of amidine groups is 1. The van der Waals surface area contributed by atoms with Crippen molar-refractivity contribution in [3.63, 3.8) is 0 Å². The number of nitrogens with zero attached hydrogens (tertiary/aromatic N) is 7. The summed E-state index contributed by atoms with van der Waals surface area (Å²) in [5.74, 6) is -0.746. The Hall–Kier alpha value is -5.72. The molecule has 12 nitrogen and oxygen atoms in total. The molecule has 1 N–H and O–H groups in total. The fourth-order valence-electron chi connectivity index (χ4n) is 5.12. The van der Waals surface area contributed by atoms with Crippen molar-refractivity contribution in [2.45, 2.75) is 65.5 Å². The van der Waals surface area contributed by atoms with Gasteiger partial charge in [-0.3, -0.25) is 4.79 Å². The largest absolute Gasteiger partial charge is 0.575 e. The van der Waals surface area contributed by atoms with E-state index in [4.69, 9.17) is 0 Å². The molecule has 0 aliphatic heterocycles. The highest BCUT2D eigenvalue weighted by atomic mass is 32.1. The summed E-state index contributed by atoms with van der Waals surface area (Å²) in [6.45, 7) is 6.94. The number of amides is 1. The van der Waals surface area contributed by atoms with Crippen LogP contribution in [0, 0.1) is 0 Å². The number of halogens is 6. The van der Waals surface area contributed by atoms with Gasteiger partial charge in [0.2, 0.25) is 10.7 Å². The average Bonchev–Trinajstić information content (AvgIpc) is 3.68. The molecule has 1 atom stereocenters. The highest BCUT2D eigenvalue weighted by Crippen LogP contribution is 2.25. The normalized spacial score (nSPS) is 13.3. The zero-order chi connectivity index (χ0) is 38.5. The number of benzene rings is 3. The van der Waals surface area contributed by atoms with Gasteiger partial charge in [0.15, 0.2) is 5.82 Å². The maximum atomic E-state index is 13.7. The zero-order valence-electron chi connectivity index (χ0n) is 28.5. The molecule has 0 aliphatic rings. The van der Waals surface area contributed by atoms with Crippen LogP contribution in [0.2, 0.25) is 0 Å². The number of hydrogen-bond donors (Lipinski definition) is 1. The minimum atomic E-state index is -5.21. The first-order chi connectivity index (χ1) is 25.0. The van der Waals surface area contributed by atoms with Gasteiger partial charge in [-0.1, -0.05) is 56.3 Å². The smallest absolute Gasteiger partial charge is 0.406 e. The van der Waals surface area contributed by atoms with Gasteiger partial charge in [0.05, 0.1) is 11.4 Å². The first-order valence-electron chi connectivity index (χ1n) is 15.9. The molecule has 5 rings (SSSR count). The Labute approximate surface area is 301 Å². The van der Waals surface area contributed by atoms with Crippen LogP contribution in [-0.2, 0) is 22.5 Å². The van der Waals surface area contributed by atoms with Crippen LogP contribution in [0.25, 0.3) is 22.8 Å². The number of rotatable bonds is 10. The molecular weight excluding hydrogens is 730 g/mol. The van der Waals surface area contributed by atoms with Gasteiger partial charge in [-0.25, -0.2) is 28.0 Å². The predicted molar refractivity (Wildman–Crippen MR) is 183 cm³/mol. The third-order valence-electron chi connectivity index (χ3n) is 7.38. The predicted octanol–water partition coefficient (Wildman–Crippen LogP) is 6.49. The van der Waals surface area contributed by atoms with E-state index in [9.17, 15) is 35.9 Å². The van der Waals surface area contributed by atoms with Gasteiger partial charge in [0, 0.05) is 25.5 Å². The molecule has 2 aromatic heterocycles. The first-order valence-corrected chi connectivity index (χ1v) is 16.7. The van der Waals surface area contributed by atoms with Gasteiger partial charge in [0.25, 0.3) is 0 Å². The topological polar surface area (TPSA) is 130 Å². The van der Waals surface area contributed by atoms with E-state index in [0.29, 0.717) is 22.5 Å². The molecule has 0 aliphatic carbocycles. The van der Waals surface area contributed by atoms with Crippen molar-refractivity contribution in [2.24, 2.45) is 9.98 Å². The van der Waals surface area contributed by atoms with Crippen molar-refractivity contribution >= 4 is 23.5 Å². The van der Waals surface area contributed by atoms with Crippen LogP contribution in [0.3, 0.4) is 0 Å². The Bertz CT molecular complexity index is 2200. The summed E-state index contributed by atoms with van der Waals surface area (Å²) in [7, 11) is 0. The second-order valence-electron chi connectivity index (χ2n) is 11.6. The molecule has 1 unspecified atom stereocenters. The van der Waals surface area contributed by atoms with Gasteiger partial charge >= 0.3 is 24.4 Å². The molecule has 19 heteroatoms. The van der Waals surface area contributed by atoms with E-state index < -0.39 is 42.3 Å². The minimum Gasteiger partial charge on any atom is -0.406 e. The summed E-state index contributed by atoms with van der Waals surface area (Å²) >= 11 is 0.828. The Morgan fingerprint density at radius 3 is 2.25 bits per heavy atom. The lowest BCUT2D eigenvalue weighted by Gasteiger charge is -2.16. The van der Waals surface area contributed by atoms with Gasteiger partial charge < -0.3 is 14.8 Å². The molecule has 2 heterocycles. The Morgan fingerprint density at radius 2 is 1.64 bits per heavy atom. The van der Waals surface area contributed by atoms with E-state index >= 15 is 0 Å². The van der Waals surface area contributed by atoms with Crippen LogP contribution in [0.5, 0.6) is 5.75 Å². The van der Waals surface area contributed by atoms with Gasteiger partial charge in [-0.05, 0) is 65.8 Å². The van der Waals surface area contributed by atoms with Crippen molar-refractivity contribution in [2.75, 3.05) is 0 Å². The molecule has 0 radical (unpaired) electrons. The fraction of sp³-hybridized carbons (Fsp3) is 0.294. The number of para-hydroxylation sites is 1. The molecule has 5 aromatic rings. The number of nitrogens with one attached hydrogen (secondary N) is 1. The quantitative estimate of drug-likeness (QED) is 0.0985. The van der Waals surface area contributed by atoms with Crippen molar-refractivity contribution in [3.05, 3.63) is 106 Å². The van der Waals surface area contributed by atoms with E-state index in [1.54, 1.807) is 49.4 Å². The monoisotopic (exact) mass is 762 g/mol. The summed E-state index contributed by atoms with van der Waals surface area (Å²) in [6.07, 6.45) is -10.0. The number of aryl methyl sites for hydroxylation is 1. The van der Waals surface area contributed by atoms with Crippen molar-refractivity contribution in [1.82, 2.24) is 28.6 Å². The maximum Gasteiger partial charge on any atom is 0.575 e. The summed E-state index contributed by atoms with van der Waals surface area (Å²) < 4.78 is 90.6. The van der Waals surface area contributed by atoms with E-state index in [-0.39, 0.29) is 29.5 Å². The Morgan fingerprint density at radius 1 is 0.962 bits per heavy atom. The molecule has 0 bridgehead atoms. The SMILES string of the molecule is CCn1sc(=NC(=NC(Cc2ccc(-c3ncn(-c4ccc(OC(F)(F)F)cc4)n3)cc2)NC(C)=O)OC(F)(F)F)n(-c2ccccc2C(C)C)c1=O. The van der Waals surface area contributed by atoms with Gasteiger partial charge in [-0.15, -0.1) is 31.4 Å². The second-order valence-corrected chi connectivity index (χ2v) is 12.6. The second kappa shape index (κ2) is 15.9. The highest BCUT2D eigenvalue weighted by Gasteiger charge is 2.34. The number of alkyl halides is 6. The Kier molecular flexibility index (Phi) is 11.5. The number of aliphatic imine (C=N–C) groups is 1. The van der Waals surface area contributed by atoms with Crippen LogP contribution in [-0.4, -0.2) is 54.1 Å². The first kappa shape index (κ1) is 38.5. The molecule has 1 amide bonds. The summed E-state index contributed by atoms with van der Waals surface area (Å²) in [4.78, 5) is 37.8. The van der Waals surface area contributed by atoms with Gasteiger partial charge in [0.1, 0.15) is 18.2 Å². The van der Waals surface area contributed by atoms with Crippen LogP contribution >= 0.6 is 11.5 Å². The van der Waals surface area contributed by atoms with Crippen LogP contribution in [0.15, 0.2) is 93.9 Å². The molecule has 0 spiro atoms.